The summed E-state index contributed by atoms with van der Waals surface area (Å²) < 4.78 is 6.11. The van der Waals surface area contributed by atoms with Crippen molar-refractivity contribution >= 4 is 35.0 Å². The lowest BCUT2D eigenvalue weighted by atomic mass is 10.0. The summed E-state index contributed by atoms with van der Waals surface area (Å²) >= 11 is 14.9. The molecule has 0 aliphatic heterocycles. The maximum Gasteiger partial charge on any atom is 0.140 e. The van der Waals surface area contributed by atoms with E-state index in [2.05, 4.69) is 42.2 Å². The lowest BCUT2D eigenvalue weighted by Crippen LogP contribution is -1.99. The SMILES string of the molecule is CCCC1Cc2cc(OCc3cccc(CSc4ccncc4)c3)c(Cl)c(Cl)c2C1. The van der Waals surface area contributed by atoms with Gasteiger partial charge in [0.15, 0.2) is 0 Å². The maximum absolute atomic E-state index is 6.60. The number of aromatic nitrogens is 1. The summed E-state index contributed by atoms with van der Waals surface area (Å²) in [6, 6.07) is 14.7. The Morgan fingerprint density at radius 3 is 2.63 bits per heavy atom. The van der Waals surface area contributed by atoms with Gasteiger partial charge in [0.05, 0.1) is 5.02 Å². The Morgan fingerprint density at radius 1 is 1.03 bits per heavy atom. The van der Waals surface area contributed by atoms with Gasteiger partial charge in [0.2, 0.25) is 0 Å². The fourth-order valence-electron chi connectivity index (χ4n) is 4.05. The Balaban J connectivity index is 1.42. The normalized spacial score (nSPS) is 15.2. The first-order valence-electron chi connectivity index (χ1n) is 10.4. The predicted molar refractivity (Wildman–Crippen MR) is 127 cm³/mol. The number of halogens is 2. The van der Waals surface area contributed by atoms with Gasteiger partial charge in [-0.15, -0.1) is 11.8 Å². The number of thioether (sulfide) groups is 1. The van der Waals surface area contributed by atoms with E-state index in [-0.39, 0.29) is 0 Å². The fraction of sp³-hybridized carbons (Fsp3) is 0.320. The molecule has 4 rings (SSSR count). The quantitative estimate of drug-likeness (QED) is 0.322. The number of pyridine rings is 1. The first-order valence-corrected chi connectivity index (χ1v) is 12.1. The van der Waals surface area contributed by atoms with Crippen molar-refractivity contribution in [3.8, 4) is 5.75 Å². The molecule has 30 heavy (non-hydrogen) atoms. The summed E-state index contributed by atoms with van der Waals surface area (Å²) in [6.45, 7) is 2.71. The van der Waals surface area contributed by atoms with Crippen LogP contribution in [0.25, 0.3) is 0 Å². The third kappa shape index (κ3) is 5.14. The molecule has 2 aromatic carbocycles. The van der Waals surface area contributed by atoms with Crippen molar-refractivity contribution in [3.05, 3.63) is 87.2 Å². The van der Waals surface area contributed by atoms with E-state index in [1.165, 1.54) is 34.4 Å². The van der Waals surface area contributed by atoms with E-state index in [4.69, 9.17) is 27.9 Å². The van der Waals surface area contributed by atoms with Crippen LogP contribution in [-0.4, -0.2) is 4.98 Å². The minimum Gasteiger partial charge on any atom is -0.487 e. The van der Waals surface area contributed by atoms with Crippen LogP contribution in [0.4, 0.5) is 0 Å². The van der Waals surface area contributed by atoms with E-state index < -0.39 is 0 Å². The number of hydrogen-bond acceptors (Lipinski definition) is 3. The van der Waals surface area contributed by atoms with E-state index in [9.17, 15) is 0 Å². The zero-order valence-electron chi connectivity index (χ0n) is 17.0. The number of hydrogen-bond donors (Lipinski definition) is 0. The van der Waals surface area contributed by atoms with Gasteiger partial charge in [-0.1, -0.05) is 67.2 Å². The highest BCUT2D eigenvalue weighted by atomic mass is 35.5. The van der Waals surface area contributed by atoms with Crippen molar-refractivity contribution in [1.82, 2.24) is 4.98 Å². The second-order valence-corrected chi connectivity index (χ2v) is 9.59. The van der Waals surface area contributed by atoms with Gasteiger partial charge in [-0.2, -0.15) is 0 Å². The van der Waals surface area contributed by atoms with Crippen LogP contribution in [0.3, 0.4) is 0 Å². The van der Waals surface area contributed by atoms with Gasteiger partial charge < -0.3 is 4.74 Å². The Labute approximate surface area is 193 Å². The summed E-state index contributed by atoms with van der Waals surface area (Å²) in [5.74, 6) is 2.26. The molecule has 2 nitrogen and oxygen atoms in total. The minimum atomic E-state index is 0.473. The fourth-order valence-corrected chi connectivity index (χ4v) is 5.40. The second-order valence-electron chi connectivity index (χ2n) is 7.78. The molecule has 1 unspecified atom stereocenters. The first-order chi connectivity index (χ1) is 14.6. The molecule has 0 N–H and O–H groups in total. The Morgan fingerprint density at radius 2 is 1.83 bits per heavy atom. The molecule has 5 heteroatoms. The third-order valence-corrected chi connectivity index (χ3v) is 7.48. The molecule has 0 bridgehead atoms. The van der Waals surface area contributed by atoms with Crippen LogP contribution in [0, 0.1) is 5.92 Å². The van der Waals surface area contributed by atoms with Crippen molar-refractivity contribution in [2.24, 2.45) is 5.92 Å². The van der Waals surface area contributed by atoms with E-state index in [0.717, 1.165) is 24.2 Å². The van der Waals surface area contributed by atoms with E-state index in [1.807, 2.05) is 24.5 Å². The summed E-state index contributed by atoms with van der Waals surface area (Å²) in [4.78, 5) is 5.28. The smallest absolute Gasteiger partial charge is 0.140 e. The summed E-state index contributed by atoms with van der Waals surface area (Å²) in [6.07, 6.45) is 8.16. The molecule has 0 amide bonds. The molecule has 1 heterocycles. The topological polar surface area (TPSA) is 22.1 Å². The number of fused-ring (bicyclic) bond motifs is 1. The van der Waals surface area contributed by atoms with Crippen LogP contribution >= 0.6 is 35.0 Å². The number of ether oxygens (including phenoxy) is 1. The van der Waals surface area contributed by atoms with Gasteiger partial charge in [-0.25, -0.2) is 0 Å². The molecule has 0 saturated heterocycles. The van der Waals surface area contributed by atoms with Gasteiger partial charge in [0.25, 0.3) is 0 Å². The standard InChI is InChI=1S/C25H25Cl2NOS/c1-2-4-17-12-20-14-23(25(27)24(26)22(20)13-17)29-15-18-5-3-6-19(11-18)16-30-21-7-9-28-10-8-21/h3,5-11,14,17H,2,4,12-13,15-16H2,1H3. The monoisotopic (exact) mass is 457 g/mol. The molecule has 1 aliphatic carbocycles. The van der Waals surface area contributed by atoms with Gasteiger partial charge in [0.1, 0.15) is 17.4 Å². The highest BCUT2D eigenvalue weighted by Gasteiger charge is 2.26. The molecule has 1 atom stereocenters. The molecular weight excluding hydrogens is 433 g/mol. The zero-order valence-corrected chi connectivity index (χ0v) is 19.4. The van der Waals surface area contributed by atoms with Crippen LogP contribution in [0.2, 0.25) is 10.0 Å². The van der Waals surface area contributed by atoms with Crippen LogP contribution in [0.5, 0.6) is 5.75 Å². The van der Waals surface area contributed by atoms with Crippen molar-refractivity contribution in [3.63, 3.8) is 0 Å². The van der Waals surface area contributed by atoms with Crippen LogP contribution in [0.15, 0.2) is 59.8 Å². The first kappa shape index (κ1) is 21.5. The zero-order chi connectivity index (χ0) is 20.9. The molecule has 0 saturated carbocycles. The second kappa shape index (κ2) is 10.1. The van der Waals surface area contributed by atoms with Crippen LogP contribution in [-0.2, 0) is 25.2 Å². The molecule has 156 valence electrons. The van der Waals surface area contributed by atoms with Gasteiger partial charge in [-0.3, -0.25) is 4.98 Å². The van der Waals surface area contributed by atoms with Crippen molar-refractivity contribution in [2.75, 3.05) is 0 Å². The average Bonchev–Trinajstić information content (AvgIpc) is 3.18. The average molecular weight is 458 g/mol. The number of benzene rings is 2. The molecule has 1 aliphatic rings. The van der Waals surface area contributed by atoms with E-state index in [0.29, 0.717) is 28.3 Å². The van der Waals surface area contributed by atoms with E-state index >= 15 is 0 Å². The molecule has 3 aromatic rings. The maximum atomic E-state index is 6.60. The van der Waals surface area contributed by atoms with Gasteiger partial charge in [-0.05, 0) is 59.2 Å². The highest BCUT2D eigenvalue weighted by molar-refractivity contribution is 7.98. The van der Waals surface area contributed by atoms with Crippen molar-refractivity contribution < 1.29 is 4.74 Å². The molecule has 0 radical (unpaired) electrons. The molecular formula is C25H25Cl2NOS. The Kier molecular flexibility index (Phi) is 7.24. The van der Waals surface area contributed by atoms with Crippen molar-refractivity contribution in [1.29, 1.82) is 0 Å². The summed E-state index contributed by atoms with van der Waals surface area (Å²) in [5, 5.41) is 1.21. The lowest BCUT2D eigenvalue weighted by molar-refractivity contribution is 0.306. The third-order valence-electron chi connectivity index (χ3n) is 5.51. The van der Waals surface area contributed by atoms with Gasteiger partial charge in [0, 0.05) is 23.0 Å². The highest BCUT2D eigenvalue weighted by Crippen LogP contribution is 2.43. The summed E-state index contributed by atoms with van der Waals surface area (Å²) in [5.41, 5.74) is 4.89. The number of nitrogens with zero attached hydrogens (tertiary/aromatic N) is 1. The molecule has 0 fully saturated rings. The van der Waals surface area contributed by atoms with Crippen LogP contribution < -0.4 is 4.74 Å². The molecule has 0 spiro atoms. The van der Waals surface area contributed by atoms with Gasteiger partial charge >= 0.3 is 0 Å². The number of rotatable bonds is 8. The Bertz CT molecular complexity index is 1010. The summed E-state index contributed by atoms with van der Waals surface area (Å²) in [7, 11) is 0. The minimum absolute atomic E-state index is 0.473. The molecule has 1 aromatic heterocycles. The largest absolute Gasteiger partial charge is 0.487 e. The van der Waals surface area contributed by atoms with Crippen LogP contribution in [0.1, 0.15) is 42.0 Å². The Hall–Kier alpha value is -1.68. The van der Waals surface area contributed by atoms with E-state index in [1.54, 1.807) is 11.8 Å². The predicted octanol–water partition coefficient (Wildman–Crippen LogP) is 7.77. The lowest BCUT2D eigenvalue weighted by Gasteiger charge is -2.13. The van der Waals surface area contributed by atoms with Crippen molar-refractivity contribution in [2.45, 2.75) is 49.9 Å².